The molecule has 1 aromatic heterocycles. The second-order valence-electron chi connectivity index (χ2n) is 3.93. The highest BCUT2D eigenvalue weighted by atomic mass is 16.5. The Labute approximate surface area is 93.6 Å². The van der Waals surface area contributed by atoms with Crippen LogP contribution >= 0.6 is 0 Å². The van der Waals surface area contributed by atoms with E-state index in [1.807, 2.05) is 0 Å². The van der Waals surface area contributed by atoms with Crippen molar-refractivity contribution in [1.29, 1.82) is 0 Å². The number of carbonyl (C=O) groups is 2. The summed E-state index contributed by atoms with van der Waals surface area (Å²) in [6.07, 6.45) is 5.04. The van der Waals surface area contributed by atoms with E-state index in [1.54, 1.807) is 24.5 Å². The molecule has 1 aromatic rings. The number of pyridine rings is 1. The molecule has 0 atom stereocenters. The number of carbonyl (C=O) groups excluding carboxylic acids is 2. The van der Waals surface area contributed by atoms with Gasteiger partial charge in [-0.1, -0.05) is 0 Å². The molecule has 0 aromatic carbocycles. The maximum atomic E-state index is 11.3. The minimum atomic E-state index is -0.436. The molecule has 0 bridgehead atoms. The lowest BCUT2D eigenvalue weighted by Gasteiger charge is -2.03. The van der Waals surface area contributed by atoms with Crippen molar-refractivity contribution >= 4 is 11.8 Å². The second-order valence-corrected chi connectivity index (χ2v) is 3.93. The summed E-state index contributed by atoms with van der Waals surface area (Å²) in [7, 11) is 0. The van der Waals surface area contributed by atoms with E-state index < -0.39 is 5.97 Å². The van der Waals surface area contributed by atoms with E-state index in [0.717, 1.165) is 18.4 Å². The van der Waals surface area contributed by atoms with Crippen molar-refractivity contribution in [3.05, 3.63) is 30.1 Å². The first-order valence-corrected chi connectivity index (χ1v) is 5.33. The number of rotatable bonds is 5. The Bertz CT molecular complexity index is 385. The maximum absolute atomic E-state index is 11.3. The van der Waals surface area contributed by atoms with Gasteiger partial charge in [-0.25, -0.2) is 0 Å². The molecule has 4 heteroatoms. The predicted molar refractivity (Wildman–Crippen MR) is 56.4 cm³/mol. The van der Waals surface area contributed by atoms with Gasteiger partial charge in [0.2, 0.25) is 0 Å². The van der Waals surface area contributed by atoms with Gasteiger partial charge >= 0.3 is 5.97 Å². The maximum Gasteiger partial charge on any atom is 0.313 e. The fraction of sp³-hybridized carbons (Fsp3) is 0.417. The molecule has 1 saturated carbocycles. The van der Waals surface area contributed by atoms with Gasteiger partial charge in [0.1, 0.15) is 18.8 Å². The van der Waals surface area contributed by atoms with Gasteiger partial charge in [-0.2, -0.15) is 0 Å². The molecular weight excluding hydrogens is 206 g/mol. The molecule has 0 N–H and O–H groups in total. The van der Waals surface area contributed by atoms with Crippen molar-refractivity contribution in [1.82, 2.24) is 4.98 Å². The molecule has 0 amide bonds. The van der Waals surface area contributed by atoms with Crippen LogP contribution in [0.5, 0.6) is 0 Å². The molecule has 84 valence electrons. The summed E-state index contributed by atoms with van der Waals surface area (Å²) in [6.45, 7) is 0.208. The SMILES string of the molecule is O=C(CC(=O)C1CC1)OCc1ccncc1. The van der Waals surface area contributed by atoms with Gasteiger partial charge in [-0.3, -0.25) is 14.6 Å². The van der Waals surface area contributed by atoms with Crippen molar-refractivity contribution in [2.45, 2.75) is 25.9 Å². The standard InChI is InChI=1S/C12H13NO3/c14-11(10-1-2-10)7-12(15)16-8-9-3-5-13-6-4-9/h3-6,10H,1-2,7-8H2. The van der Waals surface area contributed by atoms with Gasteiger partial charge in [0, 0.05) is 18.3 Å². The van der Waals surface area contributed by atoms with E-state index >= 15 is 0 Å². The summed E-state index contributed by atoms with van der Waals surface area (Å²) in [5, 5.41) is 0. The smallest absolute Gasteiger partial charge is 0.313 e. The van der Waals surface area contributed by atoms with Gasteiger partial charge in [-0.05, 0) is 30.5 Å². The number of Topliss-reactive ketones (excluding diaryl/α,β-unsaturated/α-hetero) is 1. The zero-order valence-corrected chi connectivity index (χ0v) is 8.89. The molecule has 0 aliphatic heterocycles. The number of nitrogens with zero attached hydrogens (tertiary/aromatic N) is 1. The molecule has 0 saturated heterocycles. The van der Waals surface area contributed by atoms with Gasteiger partial charge in [-0.15, -0.1) is 0 Å². The molecule has 16 heavy (non-hydrogen) atoms. The topological polar surface area (TPSA) is 56.3 Å². The van der Waals surface area contributed by atoms with Crippen LogP contribution in [0, 0.1) is 5.92 Å². The number of esters is 1. The third-order valence-corrected chi connectivity index (χ3v) is 2.50. The lowest BCUT2D eigenvalue weighted by molar-refractivity contribution is -0.147. The average Bonchev–Trinajstić information content (AvgIpc) is 3.11. The molecule has 0 radical (unpaired) electrons. The van der Waals surface area contributed by atoms with E-state index in [2.05, 4.69) is 4.98 Å². The third-order valence-electron chi connectivity index (χ3n) is 2.50. The molecule has 1 aliphatic carbocycles. The summed E-state index contributed by atoms with van der Waals surface area (Å²) in [6, 6.07) is 3.55. The van der Waals surface area contributed by atoms with Crippen LogP contribution < -0.4 is 0 Å². The summed E-state index contributed by atoms with van der Waals surface area (Å²) < 4.78 is 4.99. The number of hydrogen-bond acceptors (Lipinski definition) is 4. The van der Waals surface area contributed by atoms with Gasteiger partial charge in [0.05, 0.1) is 0 Å². The van der Waals surface area contributed by atoms with Crippen molar-refractivity contribution in [2.24, 2.45) is 5.92 Å². The molecule has 4 nitrogen and oxygen atoms in total. The largest absolute Gasteiger partial charge is 0.460 e. The van der Waals surface area contributed by atoms with E-state index in [9.17, 15) is 9.59 Å². The first kappa shape index (κ1) is 10.8. The highest BCUT2D eigenvalue weighted by molar-refractivity contribution is 5.97. The van der Waals surface area contributed by atoms with E-state index in [4.69, 9.17) is 4.74 Å². The molecule has 1 heterocycles. The fourth-order valence-electron chi connectivity index (χ4n) is 1.39. The summed E-state index contributed by atoms with van der Waals surface area (Å²) in [5.74, 6) is -0.304. The summed E-state index contributed by atoms with van der Waals surface area (Å²) >= 11 is 0. The third kappa shape index (κ3) is 3.15. The Morgan fingerprint density at radius 3 is 2.62 bits per heavy atom. The van der Waals surface area contributed by atoms with Gasteiger partial charge in [0.15, 0.2) is 0 Å². The lowest BCUT2D eigenvalue weighted by atomic mass is 10.2. The second kappa shape index (κ2) is 4.88. The Morgan fingerprint density at radius 1 is 1.31 bits per heavy atom. The van der Waals surface area contributed by atoms with Crippen molar-refractivity contribution < 1.29 is 14.3 Å². The van der Waals surface area contributed by atoms with Crippen molar-refractivity contribution in [2.75, 3.05) is 0 Å². The van der Waals surface area contributed by atoms with Crippen LogP contribution in [0.25, 0.3) is 0 Å². The monoisotopic (exact) mass is 219 g/mol. The van der Waals surface area contributed by atoms with Crippen LogP contribution in [-0.4, -0.2) is 16.7 Å². The minimum Gasteiger partial charge on any atom is -0.460 e. The highest BCUT2D eigenvalue weighted by Crippen LogP contribution is 2.30. The first-order valence-electron chi connectivity index (χ1n) is 5.33. The molecular formula is C12H13NO3. The van der Waals surface area contributed by atoms with Crippen LogP contribution in [0.15, 0.2) is 24.5 Å². The van der Waals surface area contributed by atoms with Crippen LogP contribution in [-0.2, 0) is 20.9 Å². The van der Waals surface area contributed by atoms with Gasteiger partial charge in [0.25, 0.3) is 0 Å². The van der Waals surface area contributed by atoms with Gasteiger partial charge < -0.3 is 4.74 Å². The normalized spacial score (nSPS) is 14.5. The Morgan fingerprint density at radius 2 is 2.00 bits per heavy atom. The van der Waals surface area contributed by atoms with E-state index in [-0.39, 0.29) is 24.7 Å². The molecule has 1 fully saturated rings. The van der Waals surface area contributed by atoms with E-state index in [1.165, 1.54) is 0 Å². The van der Waals surface area contributed by atoms with Crippen LogP contribution in [0.4, 0.5) is 0 Å². The Balaban J connectivity index is 1.73. The zero-order valence-electron chi connectivity index (χ0n) is 8.89. The van der Waals surface area contributed by atoms with Crippen LogP contribution in [0.3, 0.4) is 0 Å². The molecule has 2 rings (SSSR count). The number of hydrogen-bond donors (Lipinski definition) is 0. The van der Waals surface area contributed by atoms with Crippen LogP contribution in [0.1, 0.15) is 24.8 Å². The quantitative estimate of drug-likeness (QED) is 0.556. The van der Waals surface area contributed by atoms with Crippen LogP contribution in [0.2, 0.25) is 0 Å². The summed E-state index contributed by atoms with van der Waals surface area (Å²) in [5.41, 5.74) is 0.877. The number of aromatic nitrogens is 1. The van der Waals surface area contributed by atoms with E-state index in [0.29, 0.717) is 0 Å². The predicted octanol–water partition coefficient (Wildman–Crippen LogP) is 1.49. The average molecular weight is 219 g/mol. The van der Waals surface area contributed by atoms with Crippen molar-refractivity contribution in [3.8, 4) is 0 Å². The number of ether oxygens (including phenoxy) is 1. The summed E-state index contributed by atoms with van der Waals surface area (Å²) in [4.78, 5) is 26.5. The lowest BCUT2D eigenvalue weighted by Crippen LogP contribution is -2.12. The highest BCUT2D eigenvalue weighted by Gasteiger charge is 2.30. The minimum absolute atomic E-state index is 0.0136. The molecule has 0 spiro atoms. The Kier molecular flexibility index (Phi) is 3.29. The fourth-order valence-corrected chi connectivity index (χ4v) is 1.39. The molecule has 1 aliphatic rings. The number of ketones is 1. The zero-order chi connectivity index (χ0) is 11.4. The first-order chi connectivity index (χ1) is 7.75. The Hall–Kier alpha value is -1.71. The van der Waals surface area contributed by atoms with Crippen molar-refractivity contribution in [3.63, 3.8) is 0 Å². The molecule has 0 unspecified atom stereocenters.